The molecule has 4 heteroatoms. The standard InChI is InChI=1S/C16H24N2O2/c1-3-10-18-14-11-13(6-4-5-9-17)7-8-15(14)20-12(2)16(18)19/h7-8,11-12H,3-6,9-10,17H2,1-2H3. The summed E-state index contributed by atoms with van der Waals surface area (Å²) in [6.45, 7) is 5.36. The van der Waals surface area contributed by atoms with Crippen molar-refractivity contribution in [2.75, 3.05) is 18.0 Å². The number of aryl methyl sites for hydroxylation is 1. The number of benzene rings is 1. The lowest BCUT2D eigenvalue weighted by Gasteiger charge is -2.33. The summed E-state index contributed by atoms with van der Waals surface area (Å²) < 4.78 is 5.69. The Morgan fingerprint density at radius 3 is 2.85 bits per heavy atom. The van der Waals surface area contributed by atoms with Crippen LogP contribution in [0, 0.1) is 0 Å². The summed E-state index contributed by atoms with van der Waals surface area (Å²) in [7, 11) is 0. The molecule has 1 aliphatic heterocycles. The van der Waals surface area contributed by atoms with Crippen LogP contribution in [0.15, 0.2) is 18.2 Å². The Hall–Kier alpha value is -1.55. The molecule has 2 N–H and O–H groups in total. The third-order valence-electron chi connectivity index (χ3n) is 3.60. The van der Waals surface area contributed by atoms with Crippen LogP contribution in [-0.4, -0.2) is 25.1 Å². The van der Waals surface area contributed by atoms with E-state index in [1.54, 1.807) is 0 Å². The molecule has 1 atom stereocenters. The van der Waals surface area contributed by atoms with Crippen LogP contribution in [0.3, 0.4) is 0 Å². The highest BCUT2D eigenvalue weighted by molar-refractivity contribution is 5.99. The summed E-state index contributed by atoms with van der Waals surface area (Å²) >= 11 is 0. The van der Waals surface area contributed by atoms with Gasteiger partial charge >= 0.3 is 0 Å². The van der Waals surface area contributed by atoms with E-state index in [4.69, 9.17) is 10.5 Å². The Morgan fingerprint density at radius 2 is 2.15 bits per heavy atom. The van der Waals surface area contributed by atoms with E-state index >= 15 is 0 Å². The molecule has 2 rings (SSSR count). The number of nitrogens with zero attached hydrogens (tertiary/aromatic N) is 1. The highest BCUT2D eigenvalue weighted by atomic mass is 16.5. The van der Waals surface area contributed by atoms with Crippen LogP contribution in [0.5, 0.6) is 5.75 Å². The maximum atomic E-state index is 12.2. The summed E-state index contributed by atoms with van der Waals surface area (Å²) in [5.41, 5.74) is 7.68. The van der Waals surface area contributed by atoms with Crippen molar-refractivity contribution in [2.24, 2.45) is 5.73 Å². The number of anilines is 1. The van der Waals surface area contributed by atoms with Crippen molar-refractivity contribution in [3.05, 3.63) is 23.8 Å². The van der Waals surface area contributed by atoms with E-state index in [9.17, 15) is 4.79 Å². The molecule has 0 saturated heterocycles. The maximum absolute atomic E-state index is 12.2. The van der Waals surface area contributed by atoms with E-state index in [2.05, 4.69) is 19.1 Å². The van der Waals surface area contributed by atoms with Gasteiger partial charge in [0, 0.05) is 6.54 Å². The molecule has 0 spiro atoms. The molecule has 1 heterocycles. The lowest BCUT2D eigenvalue weighted by molar-refractivity contribution is -0.125. The fourth-order valence-electron chi connectivity index (χ4n) is 2.54. The van der Waals surface area contributed by atoms with Gasteiger partial charge in [-0.05, 0) is 56.8 Å². The minimum atomic E-state index is -0.392. The molecule has 110 valence electrons. The van der Waals surface area contributed by atoms with Crippen molar-refractivity contribution in [3.8, 4) is 5.75 Å². The third-order valence-corrected chi connectivity index (χ3v) is 3.60. The monoisotopic (exact) mass is 276 g/mol. The fraction of sp³-hybridized carbons (Fsp3) is 0.562. The first-order chi connectivity index (χ1) is 9.67. The average Bonchev–Trinajstić information content (AvgIpc) is 2.45. The summed E-state index contributed by atoms with van der Waals surface area (Å²) in [5.74, 6) is 0.867. The summed E-state index contributed by atoms with van der Waals surface area (Å²) in [4.78, 5) is 14.1. The molecular weight excluding hydrogens is 252 g/mol. The molecule has 20 heavy (non-hydrogen) atoms. The molecule has 4 nitrogen and oxygen atoms in total. The molecule has 0 saturated carbocycles. The van der Waals surface area contributed by atoms with Crippen molar-refractivity contribution >= 4 is 11.6 Å². The van der Waals surface area contributed by atoms with Crippen molar-refractivity contribution in [1.82, 2.24) is 0 Å². The smallest absolute Gasteiger partial charge is 0.267 e. The van der Waals surface area contributed by atoms with Crippen molar-refractivity contribution in [1.29, 1.82) is 0 Å². The maximum Gasteiger partial charge on any atom is 0.267 e. The van der Waals surface area contributed by atoms with E-state index in [1.807, 2.05) is 17.9 Å². The Labute approximate surface area is 120 Å². The van der Waals surface area contributed by atoms with E-state index in [0.717, 1.165) is 50.2 Å². The second kappa shape index (κ2) is 6.75. The molecule has 1 unspecified atom stereocenters. The first kappa shape index (κ1) is 14.9. The van der Waals surface area contributed by atoms with Crippen LogP contribution in [-0.2, 0) is 11.2 Å². The zero-order valence-corrected chi connectivity index (χ0v) is 12.4. The first-order valence-electron chi connectivity index (χ1n) is 7.48. The normalized spacial score (nSPS) is 17.9. The van der Waals surface area contributed by atoms with Crippen LogP contribution >= 0.6 is 0 Å². The summed E-state index contributed by atoms with van der Waals surface area (Å²) in [6, 6.07) is 6.16. The molecular formula is C16H24N2O2. The SMILES string of the molecule is CCCN1C(=O)C(C)Oc2ccc(CCCCN)cc21. The number of rotatable bonds is 6. The van der Waals surface area contributed by atoms with Crippen molar-refractivity contribution in [3.63, 3.8) is 0 Å². The van der Waals surface area contributed by atoms with E-state index in [-0.39, 0.29) is 5.91 Å². The average molecular weight is 276 g/mol. The molecule has 0 bridgehead atoms. The summed E-state index contributed by atoms with van der Waals surface area (Å²) in [5, 5.41) is 0. The molecule has 0 aromatic heterocycles. The Morgan fingerprint density at radius 1 is 1.35 bits per heavy atom. The second-order valence-corrected chi connectivity index (χ2v) is 5.30. The number of hydrogen-bond acceptors (Lipinski definition) is 3. The summed E-state index contributed by atoms with van der Waals surface area (Å²) in [6.07, 6.45) is 3.65. The number of unbranched alkanes of at least 4 members (excludes halogenated alkanes) is 1. The van der Waals surface area contributed by atoms with Gasteiger partial charge in [0.15, 0.2) is 6.10 Å². The number of amides is 1. The van der Waals surface area contributed by atoms with Crippen molar-refractivity contribution in [2.45, 2.75) is 45.6 Å². The molecule has 0 aliphatic carbocycles. The Bertz CT molecular complexity index is 474. The van der Waals surface area contributed by atoms with Gasteiger partial charge in [0.25, 0.3) is 5.91 Å². The van der Waals surface area contributed by atoms with Crippen LogP contribution in [0.2, 0.25) is 0 Å². The van der Waals surface area contributed by atoms with Gasteiger partial charge in [0.1, 0.15) is 5.75 Å². The predicted molar refractivity (Wildman–Crippen MR) is 81.2 cm³/mol. The van der Waals surface area contributed by atoms with Crippen LogP contribution in [0.1, 0.15) is 38.7 Å². The van der Waals surface area contributed by atoms with Gasteiger partial charge in [0.05, 0.1) is 5.69 Å². The lowest BCUT2D eigenvalue weighted by atomic mass is 10.0. The van der Waals surface area contributed by atoms with Crippen molar-refractivity contribution < 1.29 is 9.53 Å². The third kappa shape index (κ3) is 3.12. The fourth-order valence-corrected chi connectivity index (χ4v) is 2.54. The largest absolute Gasteiger partial charge is 0.479 e. The number of nitrogens with two attached hydrogens (primary N) is 1. The molecule has 1 aliphatic rings. The molecule has 1 aromatic rings. The van der Waals surface area contributed by atoms with Gasteiger partial charge in [-0.25, -0.2) is 0 Å². The lowest BCUT2D eigenvalue weighted by Crippen LogP contribution is -2.44. The number of fused-ring (bicyclic) bond motifs is 1. The molecule has 1 aromatic carbocycles. The van der Waals surface area contributed by atoms with E-state index in [1.165, 1.54) is 5.56 Å². The number of hydrogen-bond donors (Lipinski definition) is 1. The van der Waals surface area contributed by atoms with Crippen LogP contribution < -0.4 is 15.4 Å². The van der Waals surface area contributed by atoms with Crippen LogP contribution in [0.25, 0.3) is 0 Å². The van der Waals surface area contributed by atoms with Gasteiger partial charge < -0.3 is 15.4 Å². The quantitative estimate of drug-likeness (QED) is 0.812. The van der Waals surface area contributed by atoms with Crippen LogP contribution in [0.4, 0.5) is 5.69 Å². The van der Waals surface area contributed by atoms with Gasteiger partial charge in [-0.1, -0.05) is 13.0 Å². The first-order valence-corrected chi connectivity index (χ1v) is 7.48. The van der Waals surface area contributed by atoms with Gasteiger partial charge in [-0.2, -0.15) is 0 Å². The zero-order chi connectivity index (χ0) is 14.5. The second-order valence-electron chi connectivity index (χ2n) is 5.30. The topological polar surface area (TPSA) is 55.6 Å². The van der Waals surface area contributed by atoms with Gasteiger partial charge in [-0.15, -0.1) is 0 Å². The Kier molecular flexibility index (Phi) is 5.01. The minimum Gasteiger partial charge on any atom is -0.479 e. The number of carbonyl (C=O) groups is 1. The number of ether oxygens (including phenoxy) is 1. The highest BCUT2D eigenvalue weighted by Crippen LogP contribution is 2.35. The zero-order valence-electron chi connectivity index (χ0n) is 12.4. The van der Waals surface area contributed by atoms with E-state index < -0.39 is 6.10 Å². The molecule has 0 radical (unpaired) electrons. The van der Waals surface area contributed by atoms with Gasteiger partial charge in [0.2, 0.25) is 0 Å². The highest BCUT2D eigenvalue weighted by Gasteiger charge is 2.30. The molecule has 0 fully saturated rings. The van der Waals surface area contributed by atoms with Gasteiger partial charge in [-0.3, -0.25) is 4.79 Å². The predicted octanol–water partition coefficient (Wildman–Crippen LogP) is 2.49. The molecule has 1 amide bonds. The Balaban J connectivity index is 2.23. The van der Waals surface area contributed by atoms with E-state index in [0.29, 0.717) is 0 Å². The minimum absolute atomic E-state index is 0.0541. The number of carbonyl (C=O) groups excluding carboxylic acids is 1.